The predicted octanol–water partition coefficient (Wildman–Crippen LogP) is 5.38. The van der Waals surface area contributed by atoms with E-state index in [4.69, 9.17) is 9.26 Å². The van der Waals surface area contributed by atoms with Gasteiger partial charge < -0.3 is 39.9 Å². The number of aromatic hydroxyl groups is 1. The topological polar surface area (TPSA) is 189 Å². The molecule has 1 unspecified atom stereocenters. The number of fused-ring (bicyclic) bond motifs is 3. The van der Waals surface area contributed by atoms with E-state index in [1.807, 2.05) is 75.7 Å². The molecule has 5 aromatic rings. The average molecular weight is 960 g/mol. The first-order valence-corrected chi connectivity index (χ1v) is 25.6. The minimum absolute atomic E-state index is 0.0664. The number of nitrogens with zero attached hydrogens (tertiary/aromatic N) is 9. The van der Waals surface area contributed by atoms with Gasteiger partial charge >= 0.3 is 0 Å². The van der Waals surface area contributed by atoms with Crippen LogP contribution in [0.5, 0.6) is 11.6 Å². The number of benzene rings is 2. The zero-order chi connectivity index (χ0) is 47.8. The SMILES string of the molecule is Cc1ncsc1-c1ccc([C@H](C)NC(=O)[C@@H]2C[C@@H](O)CN2C(=O)[C@@H](c2cc(OCCN3CCC(N4CCC(N5CCN6c7cc(-c8ccccc8O)nnc7NC[C@H]6C5)CC4)C3)no2)C(C)C)cc1. The Morgan fingerprint density at radius 2 is 1.72 bits per heavy atom. The number of rotatable bonds is 14. The van der Waals surface area contributed by atoms with Crippen LogP contribution in [0.3, 0.4) is 0 Å². The number of thiazole rings is 1. The molecule has 4 saturated heterocycles. The number of phenols is 1. The van der Waals surface area contributed by atoms with Crippen molar-refractivity contribution in [1.29, 1.82) is 0 Å². The molecule has 0 saturated carbocycles. The van der Waals surface area contributed by atoms with E-state index in [0.29, 0.717) is 47.6 Å². The number of aliphatic hydroxyl groups excluding tert-OH is 1. The molecular formula is C51H65N11O6S. The van der Waals surface area contributed by atoms with Crippen LogP contribution in [0.25, 0.3) is 21.7 Å². The van der Waals surface area contributed by atoms with E-state index < -0.39 is 18.1 Å². The molecule has 18 heteroatoms. The molecule has 366 valence electrons. The van der Waals surface area contributed by atoms with E-state index in [2.05, 4.69) is 56.6 Å². The van der Waals surface area contributed by atoms with E-state index in [-0.39, 0.29) is 42.5 Å². The van der Waals surface area contributed by atoms with Gasteiger partial charge in [-0.05, 0) is 93.1 Å². The van der Waals surface area contributed by atoms with Crippen LogP contribution in [-0.2, 0) is 9.59 Å². The Labute approximate surface area is 407 Å². The van der Waals surface area contributed by atoms with Crippen molar-refractivity contribution in [2.75, 3.05) is 82.3 Å². The maximum absolute atomic E-state index is 14.3. The number of phenolic OH excluding ortho intramolecular Hbond substituents is 1. The Bertz CT molecular complexity index is 2580. The molecule has 5 aliphatic heterocycles. The summed E-state index contributed by atoms with van der Waals surface area (Å²) >= 11 is 1.60. The number of hydrogen-bond acceptors (Lipinski definition) is 16. The number of likely N-dealkylation sites (tertiary alicyclic amines) is 3. The highest BCUT2D eigenvalue weighted by molar-refractivity contribution is 7.13. The van der Waals surface area contributed by atoms with Gasteiger partial charge in [-0.25, -0.2) is 4.98 Å². The van der Waals surface area contributed by atoms with Crippen LogP contribution in [0.1, 0.15) is 75.4 Å². The molecule has 8 heterocycles. The lowest BCUT2D eigenvalue weighted by Gasteiger charge is -2.49. The fraction of sp³-hybridized carbons (Fsp3) is 0.529. The van der Waals surface area contributed by atoms with Gasteiger partial charge in [0.1, 0.15) is 24.3 Å². The molecule has 0 spiro atoms. The van der Waals surface area contributed by atoms with Gasteiger partial charge in [0, 0.05) is 75.9 Å². The van der Waals surface area contributed by atoms with Crippen LogP contribution in [0.15, 0.2) is 70.7 Å². The summed E-state index contributed by atoms with van der Waals surface area (Å²) in [6.45, 7) is 17.1. The van der Waals surface area contributed by atoms with Crippen molar-refractivity contribution in [3.63, 3.8) is 0 Å². The number of piperidine rings is 1. The van der Waals surface area contributed by atoms with Crippen LogP contribution < -0.4 is 20.3 Å². The number of ether oxygens (including phenoxy) is 1. The minimum Gasteiger partial charge on any atom is -0.507 e. The van der Waals surface area contributed by atoms with Gasteiger partial charge in [0.25, 0.3) is 5.88 Å². The standard InChI is InChI=1S/C51H65N11O6S/c1-31(2)47(51(66)62-29-39(63)23-43(62)50(65)54-32(3)34-9-11-35(12-10-34)48-33(4)53-30-69-48)45-25-46(57-68-45)67-22-21-58-16-13-37(27-58)59-17-14-36(15-18-59)60-19-20-61-38(28-60)26-52-49-42(61)24-41(55-56-49)40-7-5-6-8-44(40)64/h5-12,24-25,30-32,36-39,43,47,63-64H,13-23,26-29H2,1-4H3,(H,52,56)(H,54,65)/t32-,37?,38-,39+,43-,47+/m0/s1. The molecule has 5 aliphatic rings. The van der Waals surface area contributed by atoms with Gasteiger partial charge in [-0.1, -0.05) is 50.2 Å². The Morgan fingerprint density at radius 3 is 2.49 bits per heavy atom. The molecule has 2 aromatic carbocycles. The van der Waals surface area contributed by atoms with E-state index in [0.717, 1.165) is 98.5 Å². The van der Waals surface area contributed by atoms with Crippen molar-refractivity contribution in [1.82, 2.24) is 45.3 Å². The quantitative estimate of drug-likeness (QED) is 0.111. The largest absolute Gasteiger partial charge is 0.507 e. The zero-order valence-corrected chi connectivity index (χ0v) is 40.9. The fourth-order valence-corrected chi connectivity index (χ4v) is 12.1. The van der Waals surface area contributed by atoms with Crippen molar-refractivity contribution in [3.8, 4) is 33.3 Å². The van der Waals surface area contributed by atoms with Crippen molar-refractivity contribution in [2.45, 2.75) is 95.6 Å². The highest BCUT2D eigenvalue weighted by atomic mass is 32.1. The number of aryl methyl sites for hydroxylation is 1. The average Bonchev–Trinajstić information content (AvgIpc) is 4.20. The third kappa shape index (κ3) is 10.0. The maximum Gasteiger partial charge on any atom is 0.254 e. The minimum atomic E-state index is -0.816. The Kier molecular flexibility index (Phi) is 13.9. The third-order valence-corrected chi connectivity index (χ3v) is 16.1. The fourth-order valence-electron chi connectivity index (χ4n) is 11.3. The lowest BCUT2D eigenvalue weighted by molar-refractivity contribution is -0.141. The first-order chi connectivity index (χ1) is 33.5. The molecule has 0 bridgehead atoms. The molecule has 10 rings (SSSR count). The maximum atomic E-state index is 14.3. The van der Waals surface area contributed by atoms with Crippen LogP contribution in [0.2, 0.25) is 0 Å². The molecule has 0 aliphatic carbocycles. The van der Waals surface area contributed by atoms with Crippen molar-refractivity contribution < 1.29 is 29.1 Å². The number of nitrogens with one attached hydrogen (secondary N) is 2. The second-order valence-electron chi connectivity index (χ2n) is 19.9. The second-order valence-corrected chi connectivity index (χ2v) is 20.7. The van der Waals surface area contributed by atoms with Gasteiger partial charge in [0.05, 0.1) is 45.7 Å². The number of aromatic nitrogens is 4. The van der Waals surface area contributed by atoms with Crippen LogP contribution >= 0.6 is 11.3 Å². The van der Waals surface area contributed by atoms with E-state index in [9.17, 15) is 19.8 Å². The second kappa shape index (κ2) is 20.4. The Balaban J connectivity index is 0.669. The molecule has 0 radical (unpaired) electrons. The number of hydrogen-bond donors (Lipinski definition) is 4. The molecule has 3 aromatic heterocycles. The summed E-state index contributed by atoms with van der Waals surface area (Å²) in [5.74, 6) is 0.299. The summed E-state index contributed by atoms with van der Waals surface area (Å²) in [5, 5.41) is 40.9. The first-order valence-electron chi connectivity index (χ1n) is 24.7. The summed E-state index contributed by atoms with van der Waals surface area (Å²) in [6.07, 6.45) is 2.82. The number of anilines is 2. The van der Waals surface area contributed by atoms with E-state index in [1.54, 1.807) is 23.5 Å². The first kappa shape index (κ1) is 47.0. The van der Waals surface area contributed by atoms with Crippen LogP contribution in [-0.4, -0.2) is 164 Å². The summed E-state index contributed by atoms with van der Waals surface area (Å²) in [4.78, 5) is 45.3. The molecule has 6 atom stereocenters. The van der Waals surface area contributed by atoms with Gasteiger partial charge in [-0.2, -0.15) is 0 Å². The van der Waals surface area contributed by atoms with Crippen molar-refractivity contribution >= 4 is 34.7 Å². The normalized spacial score (nSPS) is 23.4. The molecular weight excluding hydrogens is 895 g/mol. The number of carbonyl (C=O) groups excluding carboxylic acids is 2. The molecule has 4 fully saturated rings. The van der Waals surface area contributed by atoms with Crippen LogP contribution in [0, 0.1) is 12.8 Å². The summed E-state index contributed by atoms with van der Waals surface area (Å²) in [7, 11) is 0. The highest BCUT2D eigenvalue weighted by Gasteiger charge is 2.44. The third-order valence-electron chi connectivity index (χ3n) is 15.1. The molecule has 2 amide bonds. The van der Waals surface area contributed by atoms with E-state index >= 15 is 0 Å². The molecule has 69 heavy (non-hydrogen) atoms. The van der Waals surface area contributed by atoms with Gasteiger partial charge in [0.15, 0.2) is 11.6 Å². The number of piperazine rings is 1. The number of β-amino-alcohol motifs (C(OH)–C–C–N with tert-alkyl or cyclic N) is 1. The number of aliphatic hydroxyl groups is 1. The highest BCUT2D eigenvalue weighted by Crippen LogP contribution is 2.38. The van der Waals surface area contributed by atoms with E-state index in [1.165, 1.54) is 17.7 Å². The Hall–Kier alpha value is -5.66. The number of amides is 2. The zero-order valence-electron chi connectivity index (χ0n) is 40.0. The number of carbonyl (C=O) groups is 2. The number of para-hydroxylation sites is 1. The van der Waals surface area contributed by atoms with Gasteiger partial charge in [0.2, 0.25) is 11.8 Å². The monoisotopic (exact) mass is 959 g/mol. The summed E-state index contributed by atoms with van der Waals surface area (Å²) < 4.78 is 11.9. The van der Waals surface area contributed by atoms with Crippen molar-refractivity contribution in [2.24, 2.45) is 5.92 Å². The summed E-state index contributed by atoms with van der Waals surface area (Å²) in [6, 6.07) is 19.5. The van der Waals surface area contributed by atoms with Gasteiger partial charge in [-0.3, -0.25) is 24.3 Å². The molecule has 17 nitrogen and oxygen atoms in total. The predicted molar refractivity (Wildman–Crippen MR) is 264 cm³/mol. The lowest BCUT2D eigenvalue weighted by atomic mass is 9.91. The van der Waals surface area contributed by atoms with Crippen LogP contribution in [0.4, 0.5) is 11.5 Å². The Morgan fingerprint density at radius 1 is 0.928 bits per heavy atom. The smallest absolute Gasteiger partial charge is 0.254 e. The summed E-state index contributed by atoms with van der Waals surface area (Å²) in [5.41, 5.74) is 7.28. The molecule has 4 N–H and O–H groups in total. The lowest BCUT2D eigenvalue weighted by Crippen LogP contribution is -2.61. The van der Waals surface area contributed by atoms with Gasteiger partial charge in [-0.15, -0.1) is 21.5 Å². The van der Waals surface area contributed by atoms with Crippen molar-refractivity contribution in [3.05, 3.63) is 83.2 Å².